The Kier molecular flexibility index (Phi) is 3.34. The van der Waals surface area contributed by atoms with Gasteiger partial charge in [-0.05, 0) is 18.8 Å². The molecule has 0 heterocycles. The molecule has 1 fully saturated rings. The first kappa shape index (κ1) is 9.01. The van der Waals surface area contributed by atoms with Gasteiger partial charge in [0.05, 0.1) is 13.6 Å². The highest BCUT2D eigenvalue weighted by Gasteiger charge is 2.19. The zero-order chi connectivity index (χ0) is 8.27. The maximum atomic E-state index is 10.8. The van der Waals surface area contributed by atoms with Gasteiger partial charge in [0, 0.05) is 5.92 Å². The van der Waals surface area contributed by atoms with E-state index in [1.165, 1.54) is 25.7 Å². The molecule has 2 nitrogen and oxygen atoms in total. The third-order valence-electron chi connectivity index (χ3n) is 2.71. The van der Waals surface area contributed by atoms with E-state index >= 15 is 0 Å². The molecule has 0 aromatic rings. The van der Waals surface area contributed by atoms with Crippen LogP contribution in [0, 0.1) is 17.0 Å². The van der Waals surface area contributed by atoms with Crippen molar-refractivity contribution in [3.8, 4) is 0 Å². The van der Waals surface area contributed by atoms with Gasteiger partial charge in [-0.3, -0.25) is 0 Å². The summed E-state index contributed by atoms with van der Waals surface area (Å²) in [5, 5.41) is 11.2. The highest BCUT2D eigenvalue weighted by molar-refractivity contribution is 4.68. The zero-order valence-corrected chi connectivity index (χ0v) is 7.60. The Morgan fingerprint density at radius 1 is 1.27 bits per heavy atom. The van der Waals surface area contributed by atoms with Crippen LogP contribution in [0.2, 0.25) is 0 Å². The fraction of sp³-hybridized carbons (Fsp3) is 1.00. The van der Waals surface area contributed by atoms with Gasteiger partial charge in [0.25, 0.3) is 0 Å². The van der Waals surface area contributed by atoms with Crippen molar-refractivity contribution in [2.75, 3.05) is 13.6 Å². The molecule has 66 valence electrons. The van der Waals surface area contributed by atoms with Crippen molar-refractivity contribution >= 4 is 0 Å². The van der Waals surface area contributed by atoms with Crippen LogP contribution < -0.4 is 5.06 Å². The summed E-state index contributed by atoms with van der Waals surface area (Å²) in [5.41, 5.74) is 0. The Labute approximate surface area is 69.2 Å². The summed E-state index contributed by atoms with van der Waals surface area (Å²) in [6.45, 7) is 3.14. The van der Waals surface area contributed by atoms with E-state index in [1.807, 2.05) is 0 Å². The van der Waals surface area contributed by atoms with Crippen LogP contribution in [0.5, 0.6) is 0 Å². The fourth-order valence-electron chi connectivity index (χ4n) is 1.94. The summed E-state index contributed by atoms with van der Waals surface area (Å²) < 4.78 is 0. The molecule has 0 bridgehead atoms. The Balaban J connectivity index is 2.17. The molecule has 0 amide bonds. The average Bonchev–Trinajstić information content (AvgIpc) is 1.93. The lowest BCUT2D eigenvalue weighted by Crippen LogP contribution is -3.04. The van der Waals surface area contributed by atoms with Crippen LogP contribution in [0.15, 0.2) is 0 Å². The predicted octanol–water partition coefficient (Wildman–Crippen LogP) is 0.825. The summed E-state index contributed by atoms with van der Waals surface area (Å²) in [6.07, 6.45) is 5.22. The maximum absolute atomic E-state index is 10.8. The molecule has 2 heteroatoms. The number of hydroxylamine groups is 2. The molecule has 1 aliphatic carbocycles. The summed E-state index contributed by atoms with van der Waals surface area (Å²) in [7, 11) is 1.71. The van der Waals surface area contributed by atoms with E-state index in [2.05, 4.69) is 6.92 Å². The number of hydrogen-bond donors (Lipinski definition) is 1. The standard InChI is InChI=1S/C9H19NO/c1-8-3-5-9(6-4-8)7-10(2)11/h8-10H,3-7H2,1-2H3. The zero-order valence-electron chi connectivity index (χ0n) is 7.60. The summed E-state index contributed by atoms with van der Waals surface area (Å²) in [4.78, 5) is 0. The third-order valence-corrected chi connectivity index (χ3v) is 2.71. The maximum Gasteiger partial charge on any atom is 0.0794 e. The first-order valence-electron chi connectivity index (χ1n) is 4.68. The van der Waals surface area contributed by atoms with Gasteiger partial charge >= 0.3 is 0 Å². The summed E-state index contributed by atoms with van der Waals surface area (Å²) >= 11 is 0. The van der Waals surface area contributed by atoms with E-state index in [0.717, 1.165) is 12.5 Å². The Bertz CT molecular complexity index is 106. The van der Waals surface area contributed by atoms with Gasteiger partial charge in [-0.15, -0.1) is 0 Å². The molecule has 1 N–H and O–H groups in total. The molecule has 11 heavy (non-hydrogen) atoms. The molecule has 0 saturated heterocycles. The second-order valence-electron chi connectivity index (χ2n) is 4.03. The quantitative estimate of drug-likeness (QED) is 0.591. The van der Waals surface area contributed by atoms with Crippen LogP contribution in [-0.2, 0) is 0 Å². The van der Waals surface area contributed by atoms with E-state index in [1.54, 1.807) is 7.05 Å². The molecular weight excluding hydrogens is 138 g/mol. The van der Waals surface area contributed by atoms with Gasteiger partial charge < -0.3 is 10.3 Å². The van der Waals surface area contributed by atoms with E-state index in [9.17, 15) is 5.21 Å². The van der Waals surface area contributed by atoms with Crippen LogP contribution in [-0.4, -0.2) is 13.6 Å². The second kappa shape index (κ2) is 4.07. The predicted molar refractivity (Wildman–Crippen MR) is 46.2 cm³/mol. The topological polar surface area (TPSA) is 27.5 Å². The number of quaternary nitrogens is 1. The third kappa shape index (κ3) is 3.21. The van der Waals surface area contributed by atoms with Gasteiger partial charge in [-0.25, -0.2) is 0 Å². The van der Waals surface area contributed by atoms with Crippen LogP contribution in [0.25, 0.3) is 0 Å². The lowest BCUT2D eigenvalue weighted by molar-refractivity contribution is -0.830. The van der Waals surface area contributed by atoms with E-state index in [4.69, 9.17) is 0 Å². The minimum Gasteiger partial charge on any atom is -0.634 e. The molecule has 1 saturated carbocycles. The van der Waals surface area contributed by atoms with Crippen molar-refractivity contribution in [1.82, 2.24) is 0 Å². The minimum absolute atomic E-state index is 0.365. The molecule has 1 rings (SSSR count). The molecule has 0 aliphatic heterocycles. The molecule has 1 unspecified atom stereocenters. The van der Waals surface area contributed by atoms with Crippen LogP contribution >= 0.6 is 0 Å². The Hall–Kier alpha value is -0.0800. The van der Waals surface area contributed by atoms with Crippen LogP contribution in [0.4, 0.5) is 0 Å². The van der Waals surface area contributed by atoms with Gasteiger partial charge in [0.15, 0.2) is 0 Å². The lowest BCUT2D eigenvalue weighted by Gasteiger charge is -2.29. The second-order valence-corrected chi connectivity index (χ2v) is 4.03. The Morgan fingerprint density at radius 2 is 1.82 bits per heavy atom. The van der Waals surface area contributed by atoms with Gasteiger partial charge in [-0.1, -0.05) is 19.8 Å². The molecule has 1 aliphatic rings. The monoisotopic (exact) mass is 157 g/mol. The fourth-order valence-corrected chi connectivity index (χ4v) is 1.94. The number of rotatable bonds is 2. The first-order valence-corrected chi connectivity index (χ1v) is 4.68. The van der Waals surface area contributed by atoms with Crippen molar-refractivity contribution in [2.45, 2.75) is 32.6 Å². The van der Waals surface area contributed by atoms with Crippen LogP contribution in [0.3, 0.4) is 0 Å². The molecule has 0 aromatic heterocycles. The number of nitrogens with one attached hydrogen (secondary N) is 1. The number of hydrogen-bond acceptors (Lipinski definition) is 1. The molecule has 0 spiro atoms. The van der Waals surface area contributed by atoms with Crippen molar-refractivity contribution < 1.29 is 5.06 Å². The minimum atomic E-state index is 0.365. The van der Waals surface area contributed by atoms with Crippen molar-refractivity contribution in [3.05, 3.63) is 5.21 Å². The van der Waals surface area contributed by atoms with E-state index in [0.29, 0.717) is 11.0 Å². The first-order chi connectivity index (χ1) is 5.18. The lowest BCUT2D eigenvalue weighted by atomic mass is 9.83. The summed E-state index contributed by atoms with van der Waals surface area (Å²) in [5.74, 6) is 1.61. The SMILES string of the molecule is CC1CCC(C[NH+](C)[O-])CC1. The average molecular weight is 157 g/mol. The molecule has 0 radical (unpaired) electrons. The molecule has 0 aromatic carbocycles. The van der Waals surface area contributed by atoms with Crippen LogP contribution in [0.1, 0.15) is 32.6 Å². The normalized spacial score (nSPS) is 35.2. The molecule has 1 atom stereocenters. The Morgan fingerprint density at radius 3 is 2.27 bits per heavy atom. The van der Waals surface area contributed by atoms with Crippen molar-refractivity contribution in [2.24, 2.45) is 11.8 Å². The highest BCUT2D eigenvalue weighted by atomic mass is 16.5. The summed E-state index contributed by atoms with van der Waals surface area (Å²) in [6, 6.07) is 0. The smallest absolute Gasteiger partial charge is 0.0794 e. The molecular formula is C9H19NO. The largest absolute Gasteiger partial charge is 0.634 e. The van der Waals surface area contributed by atoms with Gasteiger partial charge in [0.2, 0.25) is 0 Å². The van der Waals surface area contributed by atoms with Crippen molar-refractivity contribution in [3.63, 3.8) is 0 Å². The van der Waals surface area contributed by atoms with E-state index < -0.39 is 0 Å². The van der Waals surface area contributed by atoms with Crippen molar-refractivity contribution in [1.29, 1.82) is 0 Å². The highest BCUT2D eigenvalue weighted by Crippen LogP contribution is 2.26. The van der Waals surface area contributed by atoms with Gasteiger partial charge in [0.1, 0.15) is 0 Å². The van der Waals surface area contributed by atoms with Gasteiger partial charge in [-0.2, -0.15) is 0 Å². The van der Waals surface area contributed by atoms with E-state index in [-0.39, 0.29) is 0 Å².